The van der Waals surface area contributed by atoms with E-state index >= 15 is 0 Å². The van der Waals surface area contributed by atoms with Crippen molar-refractivity contribution >= 4 is 39.0 Å². The van der Waals surface area contributed by atoms with Gasteiger partial charge in [0.25, 0.3) is 5.91 Å². The van der Waals surface area contributed by atoms with Gasteiger partial charge in [0.2, 0.25) is 0 Å². The number of hydrogen-bond donors (Lipinski definition) is 2. The molecule has 1 atom stereocenters. The van der Waals surface area contributed by atoms with Crippen molar-refractivity contribution in [2.24, 2.45) is 0 Å². The topological polar surface area (TPSA) is 86.8 Å². The molecule has 1 aliphatic heterocycles. The number of aryl methyl sites for hydroxylation is 2. The summed E-state index contributed by atoms with van der Waals surface area (Å²) in [4.78, 5) is 24.3. The number of carbonyl (C=O) groups is 1. The van der Waals surface area contributed by atoms with Gasteiger partial charge in [-0.05, 0) is 51.0 Å². The van der Waals surface area contributed by atoms with Gasteiger partial charge in [-0.2, -0.15) is 5.10 Å². The van der Waals surface area contributed by atoms with E-state index in [4.69, 9.17) is 4.98 Å². The third-order valence-corrected chi connectivity index (χ3v) is 6.39. The number of nitrogens with one attached hydrogen (secondary N) is 2. The molecule has 1 aliphatic rings. The van der Waals surface area contributed by atoms with Crippen LogP contribution in [0.1, 0.15) is 46.2 Å². The number of likely N-dealkylation sites (tertiary alicyclic amines) is 1. The SMILES string of the molecule is Cc1ccc2[nH]nc(C(=O)N3CCC[C@@H](c4cc(Nc5nccs5)cc(C)n4)C3)c2c1. The standard InChI is InChI=1S/C23H24N6OS/c1-14-5-6-19-18(10-14)21(28-27-19)22(30)29-8-3-4-16(13-29)20-12-17(11-15(2)25-20)26-23-24-7-9-31-23/h5-7,9-12,16H,3-4,8,13H2,1-2H3,(H,27,28)(H,24,25,26)/t16-/m1/s1. The Kier molecular flexibility index (Phi) is 5.15. The average molecular weight is 433 g/mol. The van der Waals surface area contributed by atoms with Crippen molar-refractivity contribution in [3.8, 4) is 0 Å². The Morgan fingerprint density at radius 3 is 3.00 bits per heavy atom. The van der Waals surface area contributed by atoms with E-state index in [1.807, 2.05) is 48.4 Å². The first-order valence-electron chi connectivity index (χ1n) is 10.5. The summed E-state index contributed by atoms with van der Waals surface area (Å²) in [5.74, 6) is 0.178. The van der Waals surface area contributed by atoms with Crippen molar-refractivity contribution in [1.82, 2.24) is 25.1 Å². The van der Waals surface area contributed by atoms with Crippen molar-refractivity contribution in [1.29, 1.82) is 0 Å². The number of anilines is 2. The molecule has 1 aromatic carbocycles. The molecule has 1 amide bonds. The highest BCUT2D eigenvalue weighted by Gasteiger charge is 2.28. The minimum Gasteiger partial charge on any atom is -0.337 e. The van der Waals surface area contributed by atoms with Crippen LogP contribution in [0.4, 0.5) is 10.8 Å². The Morgan fingerprint density at radius 2 is 2.16 bits per heavy atom. The first kappa shape index (κ1) is 19.7. The maximum atomic E-state index is 13.3. The van der Waals surface area contributed by atoms with Gasteiger partial charge in [0.1, 0.15) is 0 Å². The van der Waals surface area contributed by atoms with Crippen LogP contribution in [0.5, 0.6) is 0 Å². The molecular formula is C23H24N6OS. The van der Waals surface area contributed by atoms with E-state index in [2.05, 4.69) is 26.6 Å². The third-order valence-electron chi connectivity index (χ3n) is 5.70. The zero-order valence-electron chi connectivity index (χ0n) is 17.6. The zero-order valence-corrected chi connectivity index (χ0v) is 18.4. The number of thiazole rings is 1. The van der Waals surface area contributed by atoms with Gasteiger partial charge in [0.15, 0.2) is 10.8 Å². The van der Waals surface area contributed by atoms with Crippen LogP contribution in [-0.4, -0.2) is 44.1 Å². The molecular weight excluding hydrogens is 408 g/mol. The number of nitrogens with zero attached hydrogens (tertiary/aromatic N) is 4. The van der Waals surface area contributed by atoms with Crippen LogP contribution in [0.25, 0.3) is 10.9 Å². The van der Waals surface area contributed by atoms with Crippen molar-refractivity contribution in [2.75, 3.05) is 18.4 Å². The molecule has 4 aromatic rings. The lowest BCUT2D eigenvalue weighted by molar-refractivity contribution is 0.0702. The number of hydrogen-bond acceptors (Lipinski definition) is 6. The molecule has 8 heteroatoms. The number of carbonyl (C=O) groups excluding carboxylic acids is 1. The van der Waals surface area contributed by atoms with Gasteiger partial charge in [0.05, 0.1) is 5.52 Å². The Balaban J connectivity index is 1.38. The number of pyridine rings is 1. The van der Waals surface area contributed by atoms with Gasteiger partial charge in [0, 0.05) is 53.0 Å². The number of rotatable bonds is 4. The Labute approximate surface area is 184 Å². The predicted molar refractivity (Wildman–Crippen MR) is 123 cm³/mol. The molecule has 1 fully saturated rings. The summed E-state index contributed by atoms with van der Waals surface area (Å²) in [7, 11) is 0. The van der Waals surface area contributed by atoms with E-state index in [0.29, 0.717) is 12.2 Å². The lowest BCUT2D eigenvalue weighted by Crippen LogP contribution is -2.39. The number of piperidine rings is 1. The lowest BCUT2D eigenvalue weighted by Gasteiger charge is -2.32. The highest BCUT2D eigenvalue weighted by molar-refractivity contribution is 7.13. The van der Waals surface area contributed by atoms with Crippen LogP contribution in [0.3, 0.4) is 0 Å². The number of aromatic nitrogens is 4. The van der Waals surface area contributed by atoms with Crippen molar-refractivity contribution in [2.45, 2.75) is 32.6 Å². The third kappa shape index (κ3) is 4.03. The van der Waals surface area contributed by atoms with Gasteiger partial charge in [-0.15, -0.1) is 11.3 Å². The first-order valence-corrected chi connectivity index (χ1v) is 11.3. The maximum Gasteiger partial charge on any atom is 0.275 e. The predicted octanol–water partition coefficient (Wildman–Crippen LogP) is 4.79. The summed E-state index contributed by atoms with van der Waals surface area (Å²) >= 11 is 1.56. The largest absolute Gasteiger partial charge is 0.337 e. The molecule has 7 nitrogen and oxygen atoms in total. The summed E-state index contributed by atoms with van der Waals surface area (Å²) < 4.78 is 0. The second-order valence-electron chi connectivity index (χ2n) is 8.10. The highest BCUT2D eigenvalue weighted by Crippen LogP contribution is 2.30. The number of benzene rings is 1. The molecule has 5 rings (SSSR count). The smallest absolute Gasteiger partial charge is 0.275 e. The highest BCUT2D eigenvalue weighted by atomic mass is 32.1. The van der Waals surface area contributed by atoms with Crippen LogP contribution in [0, 0.1) is 13.8 Å². The van der Waals surface area contributed by atoms with Crippen LogP contribution in [0.15, 0.2) is 41.9 Å². The molecule has 2 N–H and O–H groups in total. The maximum absolute atomic E-state index is 13.3. The molecule has 158 valence electrons. The quantitative estimate of drug-likeness (QED) is 0.484. The molecule has 0 spiro atoms. The van der Waals surface area contributed by atoms with E-state index in [1.54, 1.807) is 17.5 Å². The Bertz CT molecular complexity index is 1230. The molecule has 0 bridgehead atoms. The van der Waals surface area contributed by atoms with E-state index < -0.39 is 0 Å². The van der Waals surface area contributed by atoms with Gasteiger partial charge in [-0.3, -0.25) is 14.9 Å². The van der Waals surface area contributed by atoms with Gasteiger partial charge in [-0.1, -0.05) is 11.6 Å². The fourth-order valence-electron chi connectivity index (χ4n) is 4.23. The zero-order chi connectivity index (χ0) is 21.4. The molecule has 0 saturated carbocycles. The first-order chi connectivity index (χ1) is 15.1. The average Bonchev–Trinajstić information content (AvgIpc) is 3.42. The molecule has 3 aromatic heterocycles. The van der Waals surface area contributed by atoms with Crippen LogP contribution in [0.2, 0.25) is 0 Å². The Hall–Kier alpha value is -3.26. The number of H-pyrrole nitrogens is 1. The molecule has 1 saturated heterocycles. The van der Waals surface area contributed by atoms with Crippen LogP contribution in [-0.2, 0) is 0 Å². The second-order valence-corrected chi connectivity index (χ2v) is 8.99. The normalized spacial score (nSPS) is 16.6. The van der Waals surface area contributed by atoms with Crippen LogP contribution >= 0.6 is 11.3 Å². The summed E-state index contributed by atoms with van der Waals surface area (Å²) in [6, 6.07) is 10.1. The molecule has 31 heavy (non-hydrogen) atoms. The summed E-state index contributed by atoms with van der Waals surface area (Å²) in [5.41, 5.74) is 5.45. The molecule has 0 unspecified atom stereocenters. The van der Waals surface area contributed by atoms with Crippen molar-refractivity contribution < 1.29 is 4.79 Å². The fraction of sp³-hybridized carbons (Fsp3) is 0.304. The van der Waals surface area contributed by atoms with Crippen molar-refractivity contribution in [3.05, 3.63) is 64.6 Å². The van der Waals surface area contributed by atoms with E-state index in [-0.39, 0.29) is 11.8 Å². The monoisotopic (exact) mass is 432 g/mol. The van der Waals surface area contributed by atoms with E-state index in [0.717, 1.165) is 58.1 Å². The molecule has 0 radical (unpaired) electrons. The minimum absolute atomic E-state index is 0.0182. The summed E-state index contributed by atoms with van der Waals surface area (Å²) in [6.07, 6.45) is 3.74. The number of fused-ring (bicyclic) bond motifs is 1. The number of amides is 1. The molecule has 0 aliphatic carbocycles. The van der Waals surface area contributed by atoms with Gasteiger partial charge >= 0.3 is 0 Å². The summed E-state index contributed by atoms with van der Waals surface area (Å²) in [6.45, 7) is 5.41. The second kappa shape index (κ2) is 8.11. The Morgan fingerprint density at radius 1 is 1.26 bits per heavy atom. The minimum atomic E-state index is -0.0182. The van der Waals surface area contributed by atoms with Gasteiger partial charge in [-0.25, -0.2) is 4.98 Å². The fourth-order valence-corrected chi connectivity index (χ4v) is 4.78. The van der Waals surface area contributed by atoms with Crippen LogP contribution < -0.4 is 5.32 Å². The van der Waals surface area contributed by atoms with Crippen molar-refractivity contribution in [3.63, 3.8) is 0 Å². The lowest BCUT2D eigenvalue weighted by atomic mass is 9.93. The van der Waals surface area contributed by atoms with Gasteiger partial charge < -0.3 is 10.2 Å². The molecule has 4 heterocycles. The number of aromatic amines is 1. The van der Waals surface area contributed by atoms with E-state index in [9.17, 15) is 4.79 Å². The van der Waals surface area contributed by atoms with E-state index in [1.165, 1.54) is 0 Å². The summed E-state index contributed by atoms with van der Waals surface area (Å²) in [5, 5.41) is 14.4.